The molecule has 3 rings (SSSR count). The molecular formula is C12H20N4O2. The van der Waals surface area contributed by atoms with E-state index >= 15 is 0 Å². The number of aromatic nitrogens is 3. The zero-order valence-electron chi connectivity index (χ0n) is 11.0. The summed E-state index contributed by atoms with van der Waals surface area (Å²) in [5.41, 5.74) is 0. The van der Waals surface area contributed by atoms with Crippen LogP contribution in [0.5, 0.6) is 0 Å². The summed E-state index contributed by atoms with van der Waals surface area (Å²) in [5, 5.41) is 7.91. The number of anilines is 1. The first kappa shape index (κ1) is 11.9. The third-order valence-corrected chi connectivity index (χ3v) is 4.13. The molecule has 100 valence electrons. The van der Waals surface area contributed by atoms with Gasteiger partial charge in [0.05, 0.1) is 19.4 Å². The minimum atomic E-state index is -0.276. The van der Waals surface area contributed by atoms with Gasteiger partial charge in [-0.3, -0.25) is 0 Å². The summed E-state index contributed by atoms with van der Waals surface area (Å²) in [4.78, 5) is 2.27. The minimum Gasteiger partial charge on any atom is -0.356 e. The molecule has 0 bridgehead atoms. The van der Waals surface area contributed by atoms with Crippen LogP contribution in [0.2, 0.25) is 0 Å². The molecule has 0 radical (unpaired) electrons. The summed E-state index contributed by atoms with van der Waals surface area (Å²) in [5.74, 6) is 0.784. The van der Waals surface area contributed by atoms with Gasteiger partial charge in [-0.2, -0.15) is 0 Å². The van der Waals surface area contributed by atoms with Gasteiger partial charge in [0.1, 0.15) is 5.82 Å². The van der Waals surface area contributed by atoms with Gasteiger partial charge in [-0.15, -0.1) is 5.10 Å². The second kappa shape index (κ2) is 4.51. The molecule has 6 heteroatoms. The molecule has 1 aliphatic carbocycles. The zero-order chi connectivity index (χ0) is 12.6. The summed E-state index contributed by atoms with van der Waals surface area (Å²) in [6.07, 6.45) is 5.94. The molecule has 18 heavy (non-hydrogen) atoms. The number of hydrogen-bond donors (Lipinski definition) is 0. The molecule has 1 aromatic rings. The first-order chi connectivity index (χ1) is 8.70. The molecule has 0 unspecified atom stereocenters. The van der Waals surface area contributed by atoms with Crippen LogP contribution in [0, 0.1) is 0 Å². The molecule has 1 saturated carbocycles. The van der Waals surface area contributed by atoms with E-state index in [-0.39, 0.29) is 5.79 Å². The van der Waals surface area contributed by atoms with Crippen LogP contribution in [0.15, 0.2) is 6.20 Å². The lowest BCUT2D eigenvalue weighted by Gasteiger charge is -2.39. The second-order valence-electron chi connectivity index (χ2n) is 5.17. The van der Waals surface area contributed by atoms with Crippen LogP contribution in [0.25, 0.3) is 0 Å². The summed E-state index contributed by atoms with van der Waals surface area (Å²) in [7, 11) is 4.03. The Kier molecular flexibility index (Phi) is 2.99. The van der Waals surface area contributed by atoms with Crippen LogP contribution >= 0.6 is 0 Å². The smallest absolute Gasteiger partial charge is 0.168 e. The molecule has 0 aromatic carbocycles. The van der Waals surface area contributed by atoms with Crippen LogP contribution in [0.1, 0.15) is 25.7 Å². The van der Waals surface area contributed by atoms with Gasteiger partial charge >= 0.3 is 0 Å². The number of rotatable bonds is 2. The summed E-state index contributed by atoms with van der Waals surface area (Å²) < 4.78 is 13.3. The highest BCUT2D eigenvalue weighted by molar-refractivity contribution is 5.36. The van der Waals surface area contributed by atoms with E-state index < -0.39 is 0 Å². The van der Waals surface area contributed by atoms with Crippen molar-refractivity contribution in [3.63, 3.8) is 0 Å². The monoisotopic (exact) mass is 252 g/mol. The molecule has 6 nitrogen and oxygen atoms in total. The van der Waals surface area contributed by atoms with E-state index in [1.54, 1.807) is 0 Å². The van der Waals surface area contributed by atoms with Gasteiger partial charge in [0.15, 0.2) is 5.79 Å². The summed E-state index contributed by atoms with van der Waals surface area (Å²) >= 11 is 0. The topological polar surface area (TPSA) is 52.4 Å². The SMILES string of the molecule is CN(c1cnnn1C)C1CCC2(CC1)OCCO2. The van der Waals surface area contributed by atoms with Gasteiger partial charge < -0.3 is 14.4 Å². The predicted molar refractivity (Wildman–Crippen MR) is 66.3 cm³/mol. The Morgan fingerprint density at radius 2 is 2.00 bits per heavy atom. The Morgan fingerprint density at radius 3 is 2.56 bits per heavy atom. The molecular weight excluding hydrogens is 232 g/mol. The van der Waals surface area contributed by atoms with Crippen molar-refractivity contribution < 1.29 is 9.47 Å². The van der Waals surface area contributed by atoms with Crippen molar-refractivity contribution in [1.82, 2.24) is 15.0 Å². The second-order valence-corrected chi connectivity index (χ2v) is 5.17. The van der Waals surface area contributed by atoms with Crippen molar-refractivity contribution in [2.75, 3.05) is 25.2 Å². The quantitative estimate of drug-likeness (QED) is 0.784. The van der Waals surface area contributed by atoms with E-state index in [1.165, 1.54) is 0 Å². The Hall–Kier alpha value is -1.14. The average molecular weight is 252 g/mol. The Balaban J connectivity index is 1.64. The number of aryl methyl sites for hydroxylation is 1. The van der Waals surface area contributed by atoms with E-state index in [0.29, 0.717) is 6.04 Å². The molecule has 1 spiro atoms. The Labute approximate surface area is 107 Å². The molecule has 0 atom stereocenters. The van der Waals surface area contributed by atoms with Gasteiger partial charge in [-0.1, -0.05) is 5.21 Å². The maximum absolute atomic E-state index is 5.75. The van der Waals surface area contributed by atoms with E-state index in [1.807, 2.05) is 17.9 Å². The Morgan fingerprint density at radius 1 is 1.33 bits per heavy atom. The third-order valence-electron chi connectivity index (χ3n) is 4.13. The van der Waals surface area contributed by atoms with Gasteiger partial charge in [0.25, 0.3) is 0 Å². The normalized spacial score (nSPS) is 23.7. The lowest BCUT2D eigenvalue weighted by molar-refractivity contribution is -0.178. The first-order valence-electron chi connectivity index (χ1n) is 6.56. The van der Waals surface area contributed by atoms with Crippen LogP contribution < -0.4 is 4.90 Å². The van der Waals surface area contributed by atoms with Gasteiger partial charge in [-0.25, -0.2) is 4.68 Å². The standard InChI is InChI=1S/C12H20N4O2/c1-15(11-9-13-14-16(11)2)10-3-5-12(6-4-10)17-7-8-18-12/h9-10H,3-8H2,1-2H3. The summed E-state index contributed by atoms with van der Waals surface area (Å²) in [6.45, 7) is 1.48. The lowest BCUT2D eigenvalue weighted by atomic mass is 9.89. The summed E-state index contributed by atoms with van der Waals surface area (Å²) in [6, 6.07) is 0.514. The van der Waals surface area contributed by atoms with Crippen LogP contribution in [-0.2, 0) is 16.5 Å². The zero-order valence-corrected chi connectivity index (χ0v) is 11.0. The Bertz CT molecular complexity index is 404. The largest absolute Gasteiger partial charge is 0.356 e. The number of ether oxygens (including phenoxy) is 2. The van der Waals surface area contributed by atoms with Crippen molar-refractivity contribution in [1.29, 1.82) is 0 Å². The maximum atomic E-state index is 5.75. The fourth-order valence-corrected chi connectivity index (χ4v) is 3.01. The van der Waals surface area contributed by atoms with E-state index in [9.17, 15) is 0 Å². The number of hydrogen-bond acceptors (Lipinski definition) is 5. The van der Waals surface area contributed by atoms with E-state index in [2.05, 4.69) is 22.3 Å². The molecule has 1 aromatic heterocycles. The van der Waals surface area contributed by atoms with Crippen LogP contribution in [0.3, 0.4) is 0 Å². The van der Waals surface area contributed by atoms with Crippen LogP contribution in [-0.4, -0.2) is 47.1 Å². The van der Waals surface area contributed by atoms with Crippen molar-refractivity contribution >= 4 is 5.82 Å². The lowest BCUT2D eigenvalue weighted by Crippen LogP contribution is -2.43. The molecule has 1 saturated heterocycles. The van der Waals surface area contributed by atoms with Crippen molar-refractivity contribution in [2.24, 2.45) is 7.05 Å². The number of nitrogens with zero attached hydrogens (tertiary/aromatic N) is 4. The maximum Gasteiger partial charge on any atom is 0.168 e. The van der Waals surface area contributed by atoms with E-state index in [0.717, 1.165) is 44.7 Å². The fourth-order valence-electron chi connectivity index (χ4n) is 3.01. The van der Waals surface area contributed by atoms with Crippen molar-refractivity contribution in [2.45, 2.75) is 37.5 Å². The average Bonchev–Trinajstić information content (AvgIpc) is 2.99. The fraction of sp³-hybridized carbons (Fsp3) is 0.833. The third kappa shape index (κ3) is 1.99. The molecule has 0 amide bonds. The van der Waals surface area contributed by atoms with Crippen LogP contribution in [0.4, 0.5) is 5.82 Å². The molecule has 2 fully saturated rings. The van der Waals surface area contributed by atoms with E-state index in [4.69, 9.17) is 9.47 Å². The highest BCUT2D eigenvalue weighted by atomic mass is 16.7. The van der Waals surface area contributed by atoms with Crippen molar-refractivity contribution in [3.05, 3.63) is 6.20 Å². The molecule has 2 heterocycles. The van der Waals surface area contributed by atoms with Gasteiger partial charge in [-0.05, 0) is 12.8 Å². The van der Waals surface area contributed by atoms with Crippen molar-refractivity contribution in [3.8, 4) is 0 Å². The molecule has 1 aliphatic heterocycles. The highest BCUT2D eigenvalue weighted by Crippen LogP contribution is 2.37. The first-order valence-corrected chi connectivity index (χ1v) is 6.56. The molecule has 2 aliphatic rings. The predicted octanol–water partition coefficient (Wildman–Crippen LogP) is 0.937. The highest BCUT2D eigenvalue weighted by Gasteiger charge is 2.41. The molecule has 0 N–H and O–H groups in total. The van der Waals surface area contributed by atoms with Gasteiger partial charge in [0, 0.05) is 33.0 Å². The van der Waals surface area contributed by atoms with Gasteiger partial charge in [0.2, 0.25) is 0 Å². The minimum absolute atomic E-state index is 0.276.